The first kappa shape index (κ1) is 14.5. The molecule has 1 heterocycles. The lowest BCUT2D eigenvalue weighted by Gasteiger charge is -2.20. The summed E-state index contributed by atoms with van der Waals surface area (Å²) in [5.41, 5.74) is 2.55. The average Bonchev–Trinajstić information content (AvgIpc) is 2.80. The van der Waals surface area contributed by atoms with Crippen molar-refractivity contribution in [2.24, 2.45) is 10.4 Å². The summed E-state index contributed by atoms with van der Waals surface area (Å²) in [4.78, 5) is 16.9. The molecule has 1 saturated heterocycles. The summed E-state index contributed by atoms with van der Waals surface area (Å²) in [5.74, 6) is -0.241. The highest BCUT2D eigenvalue weighted by Crippen LogP contribution is 2.32. The number of carbonyl (C=O) groups is 1. The first-order valence-corrected chi connectivity index (χ1v) is 7.43. The Kier molecular flexibility index (Phi) is 3.80. The fourth-order valence-corrected chi connectivity index (χ4v) is 2.60. The van der Waals surface area contributed by atoms with Crippen molar-refractivity contribution in [3.63, 3.8) is 0 Å². The van der Waals surface area contributed by atoms with Gasteiger partial charge >= 0.3 is 5.97 Å². The number of hydrogen-bond donors (Lipinski definition) is 0. The number of cyclic esters (lactones) is 1. The first-order valence-electron chi connectivity index (χ1n) is 7.43. The van der Waals surface area contributed by atoms with Gasteiger partial charge in [-0.05, 0) is 0 Å². The number of aliphatic imine (C=N–C) groups is 1. The van der Waals surface area contributed by atoms with Crippen LogP contribution in [0.4, 0.5) is 0 Å². The van der Waals surface area contributed by atoms with E-state index in [1.54, 1.807) is 0 Å². The van der Waals surface area contributed by atoms with Crippen LogP contribution in [0.2, 0.25) is 0 Å². The molecular formula is C19H19NO2. The molecule has 1 atom stereocenters. The maximum atomic E-state index is 12.1. The molecular weight excluding hydrogens is 274 g/mol. The predicted octanol–water partition coefficient (Wildman–Crippen LogP) is 3.48. The van der Waals surface area contributed by atoms with Crippen molar-refractivity contribution in [2.75, 3.05) is 6.61 Å². The van der Waals surface area contributed by atoms with Crippen molar-refractivity contribution in [1.82, 2.24) is 0 Å². The molecule has 0 unspecified atom stereocenters. The van der Waals surface area contributed by atoms with Gasteiger partial charge in [0.05, 0.1) is 12.3 Å². The minimum absolute atomic E-state index is 0.241. The maximum Gasteiger partial charge on any atom is 0.331 e. The van der Waals surface area contributed by atoms with E-state index in [4.69, 9.17) is 9.73 Å². The number of esters is 1. The van der Waals surface area contributed by atoms with E-state index < -0.39 is 6.04 Å². The van der Waals surface area contributed by atoms with Gasteiger partial charge in [-0.3, -0.25) is 4.99 Å². The molecule has 0 saturated carbocycles. The molecule has 3 nitrogen and oxygen atoms in total. The number of nitrogens with zero attached hydrogens (tertiary/aromatic N) is 1. The Labute approximate surface area is 130 Å². The molecule has 3 heteroatoms. The first-order chi connectivity index (χ1) is 10.6. The highest BCUT2D eigenvalue weighted by Gasteiger charge is 2.43. The Balaban J connectivity index is 2.10. The molecule has 0 radical (unpaired) electrons. The van der Waals surface area contributed by atoms with E-state index in [0.717, 1.165) is 16.8 Å². The van der Waals surface area contributed by atoms with Crippen molar-refractivity contribution in [2.45, 2.75) is 19.9 Å². The van der Waals surface area contributed by atoms with Crippen LogP contribution in [0.3, 0.4) is 0 Å². The van der Waals surface area contributed by atoms with Gasteiger partial charge in [0.2, 0.25) is 0 Å². The summed E-state index contributed by atoms with van der Waals surface area (Å²) in [6.45, 7) is 4.44. The molecule has 0 aromatic heterocycles. The van der Waals surface area contributed by atoms with Gasteiger partial charge in [-0.15, -0.1) is 0 Å². The van der Waals surface area contributed by atoms with E-state index in [2.05, 4.69) is 0 Å². The Bertz CT molecular complexity index is 648. The van der Waals surface area contributed by atoms with Crippen LogP contribution >= 0.6 is 0 Å². The van der Waals surface area contributed by atoms with Crippen molar-refractivity contribution < 1.29 is 9.53 Å². The minimum atomic E-state index is -0.470. The Morgan fingerprint density at radius 3 is 1.91 bits per heavy atom. The third-order valence-electron chi connectivity index (χ3n) is 3.90. The molecule has 2 aromatic rings. The lowest BCUT2D eigenvalue weighted by Crippen LogP contribution is -2.29. The maximum absolute atomic E-state index is 12.1. The molecule has 2 aromatic carbocycles. The lowest BCUT2D eigenvalue weighted by molar-refractivity contribution is -0.138. The van der Waals surface area contributed by atoms with Crippen molar-refractivity contribution >= 4 is 11.7 Å². The third-order valence-corrected chi connectivity index (χ3v) is 3.90. The summed E-state index contributed by atoms with van der Waals surface area (Å²) in [6, 6.07) is 19.4. The van der Waals surface area contributed by atoms with Crippen LogP contribution in [-0.2, 0) is 9.53 Å². The van der Waals surface area contributed by atoms with E-state index in [0.29, 0.717) is 6.61 Å². The quantitative estimate of drug-likeness (QED) is 0.642. The highest BCUT2D eigenvalue weighted by molar-refractivity contribution is 6.13. The van der Waals surface area contributed by atoms with Crippen LogP contribution in [0.25, 0.3) is 0 Å². The van der Waals surface area contributed by atoms with Crippen LogP contribution in [0.1, 0.15) is 25.0 Å². The second-order valence-electron chi connectivity index (χ2n) is 6.21. The van der Waals surface area contributed by atoms with Gasteiger partial charge < -0.3 is 4.74 Å². The molecule has 22 heavy (non-hydrogen) atoms. The number of ether oxygens (including phenoxy) is 1. The Morgan fingerprint density at radius 2 is 1.50 bits per heavy atom. The summed E-state index contributed by atoms with van der Waals surface area (Å²) in [7, 11) is 0. The van der Waals surface area contributed by atoms with Gasteiger partial charge in [0, 0.05) is 16.5 Å². The zero-order chi connectivity index (χ0) is 15.6. The molecule has 0 aliphatic carbocycles. The lowest BCUT2D eigenvalue weighted by atomic mass is 9.87. The second kappa shape index (κ2) is 5.76. The largest absolute Gasteiger partial charge is 0.463 e. The van der Waals surface area contributed by atoms with E-state index in [-0.39, 0.29) is 11.4 Å². The predicted molar refractivity (Wildman–Crippen MR) is 87.1 cm³/mol. The second-order valence-corrected chi connectivity index (χ2v) is 6.21. The summed E-state index contributed by atoms with van der Waals surface area (Å²) in [5, 5.41) is 0. The summed E-state index contributed by atoms with van der Waals surface area (Å²) < 4.78 is 5.21. The zero-order valence-electron chi connectivity index (χ0n) is 12.8. The standard InChI is InChI=1S/C19H19NO2/c1-19(2)13-22-18(21)17(19)20-16(14-9-5-3-6-10-14)15-11-7-4-8-12-15/h3-12,17H,13H2,1-2H3/t17-/m1/s1. The monoisotopic (exact) mass is 293 g/mol. The number of hydrogen-bond acceptors (Lipinski definition) is 3. The third kappa shape index (κ3) is 2.80. The molecule has 0 amide bonds. The van der Waals surface area contributed by atoms with Gasteiger partial charge in [-0.25, -0.2) is 4.79 Å². The van der Waals surface area contributed by atoms with E-state index in [1.165, 1.54) is 0 Å². The minimum Gasteiger partial charge on any atom is -0.463 e. The van der Waals surface area contributed by atoms with E-state index in [9.17, 15) is 4.79 Å². The molecule has 1 fully saturated rings. The van der Waals surface area contributed by atoms with Crippen LogP contribution < -0.4 is 0 Å². The topological polar surface area (TPSA) is 38.7 Å². The number of carbonyl (C=O) groups excluding carboxylic acids is 1. The van der Waals surface area contributed by atoms with Gasteiger partial charge in [0.1, 0.15) is 0 Å². The average molecular weight is 293 g/mol. The van der Waals surface area contributed by atoms with Crippen molar-refractivity contribution in [1.29, 1.82) is 0 Å². The molecule has 0 bridgehead atoms. The molecule has 0 N–H and O–H groups in total. The van der Waals surface area contributed by atoms with Crippen LogP contribution in [0.5, 0.6) is 0 Å². The van der Waals surface area contributed by atoms with Gasteiger partial charge in [0.15, 0.2) is 6.04 Å². The number of rotatable bonds is 3. The fraction of sp³-hybridized carbons (Fsp3) is 0.263. The smallest absolute Gasteiger partial charge is 0.331 e. The van der Waals surface area contributed by atoms with Crippen LogP contribution in [0.15, 0.2) is 65.7 Å². The van der Waals surface area contributed by atoms with Crippen molar-refractivity contribution in [3.8, 4) is 0 Å². The Morgan fingerprint density at radius 1 is 1.00 bits per heavy atom. The van der Waals surface area contributed by atoms with E-state index >= 15 is 0 Å². The fourth-order valence-electron chi connectivity index (χ4n) is 2.60. The van der Waals surface area contributed by atoms with Gasteiger partial charge in [-0.2, -0.15) is 0 Å². The molecule has 0 spiro atoms. The van der Waals surface area contributed by atoms with Gasteiger partial charge in [-0.1, -0.05) is 74.5 Å². The summed E-state index contributed by atoms with van der Waals surface area (Å²) >= 11 is 0. The van der Waals surface area contributed by atoms with E-state index in [1.807, 2.05) is 74.5 Å². The van der Waals surface area contributed by atoms with Gasteiger partial charge in [0.25, 0.3) is 0 Å². The normalized spacial score (nSPS) is 19.5. The SMILES string of the molecule is CC1(C)COC(=O)[C@H]1N=C(c1ccccc1)c1ccccc1. The highest BCUT2D eigenvalue weighted by atomic mass is 16.5. The van der Waals surface area contributed by atoms with Crippen LogP contribution in [-0.4, -0.2) is 24.3 Å². The molecule has 3 rings (SSSR count). The zero-order valence-corrected chi connectivity index (χ0v) is 12.8. The Hall–Kier alpha value is -2.42. The number of benzene rings is 2. The molecule has 1 aliphatic rings. The molecule has 112 valence electrons. The van der Waals surface area contributed by atoms with Crippen molar-refractivity contribution in [3.05, 3.63) is 71.8 Å². The molecule has 1 aliphatic heterocycles. The summed E-state index contributed by atoms with van der Waals surface area (Å²) in [6.07, 6.45) is 0. The van der Waals surface area contributed by atoms with Crippen LogP contribution in [0, 0.1) is 5.41 Å².